The summed E-state index contributed by atoms with van der Waals surface area (Å²) < 4.78 is 11.0. The third-order valence-corrected chi connectivity index (χ3v) is 5.01. The lowest BCUT2D eigenvalue weighted by Crippen LogP contribution is -2.39. The molecule has 1 unspecified atom stereocenters. The minimum absolute atomic E-state index is 0.288. The minimum atomic E-state index is 0.288. The Balaban J connectivity index is 1.54. The molecule has 0 saturated carbocycles. The van der Waals surface area contributed by atoms with Gasteiger partial charge in [-0.05, 0) is 12.8 Å². The molecule has 1 aromatic rings. The van der Waals surface area contributed by atoms with E-state index in [-0.39, 0.29) is 6.10 Å². The van der Waals surface area contributed by atoms with Gasteiger partial charge in [-0.25, -0.2) is 4.98 Å². The fourth-order valence-electron chi connectivity index (χ4n) is 2.41. The molecule has 7 heteroatoms. The molecule has 1 saturated heterocycles. The molecule has 1 atom stereocenters. The summed E-state index contributed by atoms with van der Waals surface area (Å²) in [7, 11) is 1.79. The van der Waals surface area contributed by atoms with Gasteiger partial charge in [-0.15, -0.1) is 11.3 Å². The Morgan fingerprint density at radius 1 is 1.46 bits per heavy atom. The molecule has 24 heavy (non-hydrogen) atoms. The Morgan fingerprint density at radius 2 is 2.29 bits per heavy atom. The van der Waals surface area contributed by atoms with Gasteiger partial charge < -0.3 is 20.1 Å². The van der Waals surface area contributed by atoms with Crippen molar-refractivity contribution in [2.75, 3.05) is 40.0 Å². The van der Waals surface area contributed by atoms with E-state index in [2.05, 4.69) is 39.8 Å². The number of rotatable bonds is 9. The third kappa shape index (κ3) is 6.75. The molecule has 2 N–H and O–H groups in total. The van der Waals surface area contributed by atoms with Gasteiger partial charge in [0.15, 0.2) is 5.96 Å². The van der Waals surface area contributed by atoms with Crippen LogP contribution in [0.25, 0.3) is 0 Å². The fraction of sp³-hybridized carbons (Fsp3) is 0.765. The quantitative estimate of drug-likeness (QED) is 0.404. The van der Waals surface area contributed by atoms with Crippen LogP contribution in [0.4, 0.5) is 0 Å². The molecule has 1 aromatic heterocycles. The summed E-state index contributed by atoms with van der Waals surface area (Å²) in [4.78, 5) is 8.89. The molecule has 0 aliphatic carbocycles. The van der Waals surface area contributed by atoms with Crippen LogP contribution >= 0.6 is 11.3 Å². The van der Waals surface area contributed by atoms with E-state index in [1.807, 2.05) is 0 Å². The lowest BCUT2D eigenvalue weighted by atomic mass is 10.2. The van der Waals surface area contributed by atoms with Gasteiger partial charge >= 0.3 is 0 Å². The monoisotopic (exact) mass is 354 g/mol. The number of hydrogen-bond donors (Lipinski definition) is 2. The first kappa shape index (κ1) is 19.1. The molecule has 6 nitrogen and oxygen atoms in total. The normalized spacial score (nSPS) is 18.3. The maximum absolute atomic E-state index is 5.75. The maximum Gasteiger partial charge on any atom is 0.190 e. The Bertz CT molecular complexity index is 499. The van der Waals surface area contributed by atoms with Crippen molar-refractivity contribution < 1.29 is 9.47 Å². The van der Waals surface area contributed by atoms with E-state index in [0.29, 0.717) is 5.92 Å². The van der Waals surface area contributed by atoms with Crippen LogP contribution < -0.4 is 10.6 Å². The summed E-state index contributed by atoms with van der Waals surface area (Å²) in [5.74, 6) is 1.34. The average Bonchev–Trinajstić information content (AvgIpc) is 3.24. The number of guanidine groups is 1. The van der Waals surface area contributed by atoms with Gasteiger partial charge in [-0.3, -0.25) is 4.99 Å². The second-order valence-electron chi connectivity index (χ2n) is 6.22. The topological polar surface area (TPSA) is 67.8 Å². The molecule has 2 rings (SSSR count). The molecule has 0 radical (unpaired) electrons. The van der Waals surface area contributed by atoms with Gasteiger partial charge in [0.1, 0.15) is 0 Å². The number of nitrogens with zero attached hydrogens (tertiary/aromatic N) is 2. The molecular formula is C17H30N4O2S. The number of nitrogens with one attached hydrogen (secondary N) is 2. The Morgan fingerprint density at radius 3 is 2.96 bits per heavy atom. The van der Waals surface area contributed by atoms with Crippen molar-refractivity contribution >= 4 is 17.3 Å². The van der Waals surface area contributed by atoms with Crippen LogP contribution in [-0.2, 0) is 15.9 Å². The molecule has 1 aliphatic heterocycles. The lowest BCUT2D eigenvalue weighted by Gasteiger charge is -2.13. The van der Waals surface area contributed by atoms with Crippen LogP contribution in [0.1, 0.15) is 43.3 Å². The van der Waals surface area contributed by atoms with E-state index in [1.165, 1.54) is 5.01 Å². The van der Waals surface area contributed by atoms with Crippen molar-refractivity contribution in [1.29, 1.82) is 0 Å². The highest BCUT2D eigenvalue weighted by molar-refractivity contribution is 7.09. The van der Waals surface area contributed by atoms with Gasteiger partial charge in [0, 0.05) is 51.1 Å². The summed E-state index contributed by atoms with van der Waals surface area (Å²) in [6, 6.07) is 0. The molecule has 1 aliphatic rings. The highest BCUT2D eigenvalue weighted by atomic mass is 32.1. The van der Waals surface area contributed by atoms with Gasteiger partial charge in [0.2, 0.25) is 0 Å². The van der Waals surface area contributed by atoms with E-state index < -0.39 is 0 Å². The summed E-state index contributed by atoms with van der Waals surface area (Å²) in [6.45, 7) is 8.36. The zero-order valence-corrected chi connectivity index (χ0v) is 15.8. The van der Waals surface area contributed by atoms with Crippen molar-refractivity contribution in [2.45, 2.75) is 45.1 Å². The number of thiazole rings is 1. The number of aromatic nitrogens is 1. The van der Waals surface area contributed by atoms with Crippen molar-refractivity contribution in [2.24, 2.45) is 4.99 Å². The van der Waals surface area contributed by atoms with Crippen LogP contribution in [0.5, 0.6) is 0 Å². The number of aliphatic imine (C=N–C) groups is 1. The van der Waals surface area contributed by atoms with E-state index in [4.69, 9.17) is 9.47 Å². The SMILES string of the molecule is CN=C(NCCCOC1CCOC1)NCCc1csc(C(C)C)n1. The first-order valence-corrected chi connectivity index (χ1v) is 9.65. The summed E-state index contributed by atoms with van der Waals surface area (Å²) in [6.07, 6.45) is 3.18. The van der Waals surface area contributed by atoms with Crippen molar-refractivity contribution in [1.82, 2.24) is 15.6 Å². The summed E-state index contributed by atoms with van der Waals surface area (Å²) in [5.41, 5.74) is 1.15. The molecule has 2 heterocycles. The standard InChI is InChI=1S/C17H30N4O2S/c1-13(2)16-21-14(12-24-16)5-8-20-17(18-3)19-7-4-9-23-15-6-10-22-11-15/h12-13,15H,4-11H2,1-3H3,(H2,18,19,20). The molecule has 0 amide bonds. The number of ether oxygens (including phenoxy) is 2. The van der Waals surface area contributed by atoms with E-state index in [1.54, 1.807) is 18.4 Å². The zero-order chi connectivity index (χ0) is 17.2. The van der Waals surface area contributed by atoms with E-state index >= 15 is 0 Å². The maximum atomic E-state index is 5.75. The van der Waals surface area contributed by atoms with Gasteiger partial charge in [0.05, 0.1) is 23.4 Å². The van der Waals surface area contributed by atoms with E-state index in [9.17, 15) is 0 Å². The van der Waals surface area contributed by atoms with Crippen LogP contribution in [0.2, 0.25) is 0 Å². The molecule has 0 spiro atoms. The molecule has 136 valence electrons. The summed E-state index contributed by atoms with van der Waals surface area (Å²) in [5, 5.41) is 10.0. The second-order valence-corrected chi connectivity index (χ2v) is 7.11. The van der Waals surface area contributed by atoms with Gasteiger partial charge in [0.25, 0.3) is 0 Å². The third-order valence-electron chi connectivity index (χ3n) is 3.82. The van der Waals surface area contributed by atoms with Crippen LogP contribution in [0, 0.1) is 0 Å². The smallest absolute Gasteiger partial charge is 0.190 e. The van der Waals surface area contributed by atoms with Crippen LogP contribution in [0.15, 0.2) is 10.4 Å². The Kier molecular flexibility index (Phi) is 8.49. The molecule has 1 fully saturated rings. The van der Waals surface area contributed by atoms with Gasteiger partial charge in [-0.1, -0.05) is 13.8 Å². The molecule has 0 aromatic carbocycles. The highest BCUT2D eigenvalue weighted by Crippen LogP contribution is 2.19. The summed E-state index contributed by atoms with van der Waals surface area (Å²) >= 11 is 1.74. The lowest BCUT2D eigenvalue weighted by molar-refractivity contribution is 0.0420. The highest BCUT2D eigenvalue weighted by Gasteiger charge is 2.15. The van der Waals surface area contributed by atoms with Crippen LogP contribution in [-0.4, -0.2) is 57.0 Å². The van der Waals surface area contributed by atoms with Crippen LogP contribution in [0.3, 0.4) is 0 Å². The van der Waals surface area contributed by atoms with Gasteiger partial charge in [-0.2, -0.15) is 0 Å². The first-order chi connectivity index (χ1) is 11.7. The average molecular weight is 355 g/mol. The predicted octanol–water partition coefficient (Wildman–Crippen LogP) is 2.17. The van der Waals surface area contributed by atoms with Crippen molar-refractivity contribution in [3.63, 3.8) is 0 Å². The molecule has 0 bridgehead atoms. The predicted molar refractivity (Wildman–Crippen MR) is 99.1 cm³/mol. The van der Waals surface area contributed by atoms with Crippen molar-refractivity contribution in [3.8, 4) is 0 Å². The zero-order valence-electron chi connectivity index (χ0n) is 15.0. The Hall–Kier alpha value is -1.18. The fourth-order valence-corrected chi connectivity index (χ4v) is 3.27. The first-order valence-electron chi connectivity index (χ1n) is 8.77. The van der Waals surface area contributed by atoms with Crippen molar-refractivity contribution in [3.05, 3.63) is 16.1 Å². The Labute approximate surface area is 149 Å². The number of hydrogen-bond acceptors (Lipinski definition) is 5. The molecular weight excluding hydrogens is 324 g/mol. The second kappa shape index (κ2) is 10.6. The minimum Gasteiger partial charge on any atom is -0.379 e. The largest absolute Gasteiger partial charge is 0.379 e. The van der Waals surface area contributed by atoms with E-state index in [0.717, 1.165) is 63.8 Å².